The summed E-state index contributed by atoms with van der Waals surface area (Å²) in [4.78, 5) is 14.6. The van der Waals surface area contributed by atoms with Crippen LogP contribution in [0.25, 0.3) is 0 Å². The van der Waals surface area contributed by atoms with Gasteiger partial charge in [-0.3, -0.25) is 10.2 Å². The molecule has 0 saturated carbocycles. The number of aryl methyl sites for hydroxylation is 1. The Morgan fingerprint density at radius 1 is 1.73 bits per heavy atom. The Bertz CT molecular complexity index is 420. The quantitative estimate of drug-likeness (QED) is 0.490. The number of hydrogen-bond donors (Lipinski definition) is 3. The number of furan rings is 1. The summed E-state index contributed by atoms with van der Waals surface area (Å²) in [6, 6.07) is 1.54. The third-order valence-electron chi connectivity index (χ3n) is 1.81. The predicted molar refractivity (Wildman–Crippen MR) is 56.3 cm³/mol. The minimum Gasteiger partial charge on any atom is -0.447 e. The normalized spacial score (nSPS) is 11.2. The second-order valence-corrected chi connectivity index (χ2v) is 2.84. The van der Waals surface area contributed by atoms with Gasteiger partial charge in [-0.25, -0.2) is 4.99 Å². The van der Waals surface area contributed by atoms with Gasteiger partial charge in [0.15, 0.2) is 17.4 Å². The van der Waals surface area contributed by atoms with Gasteiger partial charge in [-0.2, -0.15) is 0 Å². The van der Waals surface area contributed by atoms with E-state index in [4.69, 9.17) is 15.6 Å². The van der Waals surface area contributed by atoms with Crippen molar-refractivity contribution in [1.82, 2.24) is 5.32 Å². The number of amides is 1. The minimum atomic E-state index is -0.630. The molecule has 1 aromatic rings. The van der Waals surface area contributed by atoms with Crippen LogP contribution in [-0.2, 0) is 0 Å². The van der Waals surface area contributed by atoms with E-state index in [-0.39, 0.29) is 5.76 Å². The molecule has 6 nitrogen and oxygen atoms in total. The first kappa shape index (κ1) is 11.0. The maximum Gasteiger partial charge on any atom is 0.284 e. The molecule has 0 spiro atoms. The van der Waals surface area contributed by atoms with Crippen molar-refractivity contribution < 1.29 is 9.21 Å². The Morgan fingerprint density at radius 2 is 2.40 bits per heavy atom. The van der Waals surface area contributed by atoms with Gasteiger partial charge in [0, 0.05) is 7.05 Å². The summed E-state index contributed by atoms with van der Waals surface area (Å²) in [6.07, 6.45) is 0.887. The average Bonchev–Trinajstić information content (AvgIpc) is 2.57. The Balaban J connectivity index is 3.19. The van der Waals surface area contributed by atoms with Crippen LogP contribution < -0.4 is 11.1 Å². The van der Waals surface area contributed by atoms with Crippen molar-refractivity contribution in [3.8, 4) is 0 Å². The fourth-order valence-electron chi connectivity index (χ4n) is 1.14. The Labute approximate surface area is 86.7 Å². The zero-order chi connectivity index (χ0) is 11.4. The maximum atomic E-state index is 10.9. The van der Waals surface area contributed by atoms with Gasteiger partial charge < -0.3 is 15.5 Å². The van der Waals surface area contributed by atoms with Gasteiger partial charge in [-0.1, -0.05) is 0 Å². The molecule has 0 bridgehead atoms. The van der Waals surface area contributed by atoms with Crippen LogP contribution in [0.15, 0.2) is 15.5 Å². The number of nitrogens with two attached hydrogens (primary N) is 1. The summed E-state index contributed by atoms with van der Waals surface area (Å²) in [5, 5.41) is 9.63. The highest BCUT2D eigenvalue weighted by atomic mass is 16.4. The van der Waals surface area contributed by atoms with E-state index in [1.54, 1.807) is 14.0 Å². The highest BCUT2D eigenvalue weighted by Gasteiger charge is 2.15. The van der Waals surface area contributed by atoms with Crippen LogP contribution >= 0.6 is 0 Å². The van der Waals surface area contributed by atoms with Gasteiger partial charge >= 0.3 is 0 Å². The number of primary amides is 1. The molecule has 6 heteroatoms. The van der Waals surface area contributed by atoms with E-state index in [2.05, 4.69) is 10.3 Å². The summed E-state index contributed by atoms with van der Waals surface area (Å²) in [5.41, 5.74) is 5.81. The fourth-order valence-corrected chi connectivity index (χ4v) is 1.14. The third kappa shape index (κ3) is 2.22. The lowest BCUT2D eigenvalue weighted by Gasteiger charge is -2.00. The number of aliphatic imine (C=N–C) groups is 1. The molecule has 4 N–H and O–H groups in total. The van der Waals surface area contributed by atoms with Crippen LogP contribution in [0.4, 0.5) is 0 Å². The van der Waals surface area contributed by atoms with Crippen LogP contribution in [-0.4, -0.2) is 25.1 Å². The number of nitrogens with zero attached hydrogens (tertiary/aromatic N) is 1. The molecule has 0 aliphatic rings. The number of carbonyl (C=O) groups is 1. The van der Waals surface area contributed by atoms with E-state index >= 15 is 0 Å². The molecule has 0 aliphatic heterocycles. The molecule has 80 valence electrons. The first-order chi connectivity index (χ1) is 7.10. The molecule has 1 amide bonds. The SMILES string of the molecule is CN/C(=N\C=N)c1oc(C(N)=O)cc1C. The van der Waals surface area contributed by atoms with Crippen LogP contribution in [0, 0.1) is 12.3 Å². The molecule has 0 saturated heterocycles. The van der Waals surface area contributed by atoms with Gasteiger partial charge in [-0.05, 0) is 18.6 Å². The van der Waals surface area contributed by atoms with E-state index in [0.29, 0.717) is 11.6 Å². The lowest BCUT2D eigenvalue weighted by molar-refractivity contribution is 0.0973. The molecule has 1 aromatic heterocycles. The molecule has 0 atom stereocenters. The number of nitrogens with one attached hydrogen (secondary N) is 2. The smallest absolute Gasteiger partial charge is 0.284 e. The van der Waals surface area contributed by atoms with Crippen molar-refractivity contribution >= 4 is 18.1 Å². The molecule has 15 heavy (non-hydrogen) atoms. The number of hydrogen-bond acceptors (Lipinski definition) is 3. The van der Waals surface area contributed by atoms with Gasteiger partial charge in [0.1, 0.15) is 6.34 Å². The molecule has 0 radical (unpaired) electrons. The minimum absolute atomic E-state index is 0.0791. The average molecular weight is 208 g/mol. The lowest BCUT2D eigenvalue weighted by atomic mass is 10.2. The van der Waals surface area contributed by atoms with Crippen molar-refractivity contribution in [3.05, 3.63) is 23.2 Å². The largest absolute Gasteiger partial charge is 0.447 e. The maximum absolute atomic E-state index is 10.9. The molecule has 1 rings (SSSR count). The molecule has 0 fully saturated rings. The van der Waals surface area contributed by atoms with Gasteiger partial charge in [0.25, 0.3) is 5.91 Å². The molecule has 0 aliphatic carbocycles. The highest BCUT2D eigenvalue weighted by Crippen LogP contribution is 2.14. The summed E-state index contributed by atoms with van der Waals surface area (Å²) >= 11 is 0. The summed E-state index contributed by atoms with van der Waals surface area (Å²) in [5.74, 6) is 0.245. The number of carbonyl (C=O) groups excluding carboxylic acids is 1. The Hall–Kier alpha value is -2.11. The van der Waals surface area contributed by atoms with Crippen LogP contribution in [0.2, 0.25) is 0 Å². The van der Waals surface area contributed by atoms with Crippen molar-refractivity contribution in [1.29, 1.82) is 5.41 Å². The molecule has 1 heterocycles. The molecular formula is C9H12N4O2. The Kier molecular flexibility index (Phi) is 3.22. The summed E-state index contributed by atoms with van der Waals surface area (Å²) in [6.45, 7) is 1.77. The van der Waals surface area contributed by atoms with Crippen molar-refractivity contribution in [2.75, 3.05) is 7.05 Å². The van der Waals surface area contributed by atoms with Gasteiger partial charge in [0.2, 0.25) is 0 Å². The van der Waals surface area contributed by atoms with Crippen molar-refractivity contribution in [3.63, 3.8) is 0 Å². The summed E-state index contributed by atoms with van der Waals surface area (Å²) in [7, 11) is 1.65. The van der Waals surface area contributed by atoms with Crippen LogP contribution in [0.1, 0.15) is 21.9 Å². The number of amidine groups is 1. The van der Waals surface area contributed by atoms with E-state index in [1.807, 2.05) is 0 Å². The molecule has 0 unspecified atom stereocenters. The zero-order valence-corrected chi connectivity index (χ0v) is 8.50. The second-order valence-electron chi connectivity index (χ2n) is 2.84. The van der Waals surface area contributed by atoms with E-state index in [9.17, 15) is 4.79 Å². The number of rotatable bonds is 3. The van der Waals surface area contributed by atoms with Crippen molar-refractivity contribution in [2.45, 2.75) is 6.92 Å². The molecular weight excluding hydrogens is 196 g/mol. The molecule has 0 aromatic carbocycles. The fraction of sp³-hybridized carbons (Fsp3) is 0.222. The zero-order valence-electron chi connectivity index (χ0n) is 8.50. The predicted octanol–water partition coefficient (Wildman–Crippen LogP) is 0.260. The van der Waals surface area contributed by atoms with Gasteiger partial charge in [0.05, 0.1) is 0 Å². The van der Waals surface area contributed by atoms with Crippen LogP contribution in [0.5, 0.6) is 0 Å². The Morgan fingerprint density at radius 3 is 2.80 bits per heavy atom. The lowest BCUT2D eigenvalue weighted by Crippen LogP contribution is -2.20. The van der Waals surface area contributed by atoms with Crippen molar-refractivity contribution in [2.24, 2.45) is 10.7 Å². The first-order valence-corrected chi connectivity index (χ1v) is 4.25. The van der Waals surface area contributed by atoms with E-state index in [0.717, 1.165) is 11.9 Å². The topological polar surface area (TPSA) is 104 Å². The highest BCUT2D eigenvalue weighted by molar-refractivity contribution is 6.02. The third-order valence-corrected chi connectivity index (χ3v) is 1.81. The van der Waals surface area contributed by atoms with E-state index < -0.39 is 5.91 Å². The van der Waals surface area contributed by atoms with Crippen LogP contribution in [0.3, 0.4) is 0 Å². The van der Waals surface area contributed by atoms with E-state index in [1.165, 1.54) is 6.07 Å². The monoisotopic (exact) mass is 208 g/mol. The first-order valence-electron chi connectivity index (χ1n) is 4.25. The summed E-state index contributed by atoms with van der Waals surface area (Å²) < 4.78 is 5.21. The van der Waals surface area contributed by atoms with Gasteiger partial charge in [-0.15, -0.1) is 0 Å². The second kappa shape index (κ2) is 4.41. The standard InChI is InChI=1S/C9H12N4O2/c1-5-3-6(8(11)14)15-7(5)9(12-2)13-4-10/h3-4H,1-2H3,(H2,11,14)(H2,10,12,13).